The summed E-state index contributed by atoms with van der Waals surface area (Å²) in [5.74, 6) is -1.25. The van der Waals surface area contributed by atoms with Crippen LogP contribution in [0.15, 0.2) is 59.1 Å². The number of rotatable bonds is 6. The number of hydrogen-bond donors (Lipinski definition) is 4. The molecule has 0 unspecified atom stereocenters. The smallest absolute Gasteiger partial charge is 0.412 e. The Kier molecular flexibility index (Phi) is 7.60. The van der Waals surface area contributed by atoms with Crippen LogP contribution in [0.4, 0.5) is 10.5 Å². The van der Waals surface area contributed by atoms with E-state index in [0.29, 0.717) is 15.7 Å². The van der Waals surface area contributed by atoms with Gasteiger partial charge in [-0.25, -0.2) is 10.3 Å². The molecule has 28 heavy (non-hydrogen) atoms. The lowest BCUT2D eigenvalue weighted by Gasteiger charge is -2.23. The second kappa shape index (κ2) is 9.91. The monoisotopic (exact) mass is 448 g/mol. The van der Waals surface area contributed by atoms with Crippen LogP contribution in [-0.2, 0) is 9.53 Å². The zero-order valence-electron chi connectivity index (χ0n) is 15.3. The van der Waals surface area contributed by atoms with Crippen molar-refractivity contribution in [3.8, 4) is 5.75 Å². The molecule has 0 aliphatic rings. The van der Waals surface area contributed by atoms with Gasteiger partial charge in [0.2, 0.25) is 0 Å². The van der Waals surface area contributed by atoms with Crippen LogP contribution >= 0.6 is 15.9 Å². The summed E-state index contributed by atoms with van der Waals surface area (Å²) in [5.41, 5.74) is 3.48. The number of aromatic hydroxyl groups is 1. The van der Waals surface area contributed by atoms with Gasteiger partial charge in [-0.05, 0) is 37.3 Å². The molecule has 0 aliphatic carbocycles. The quantitative estimate of drug-likeness (QED) is 0.296. The zero-order chi connectivity index (χ0) is 20.7. The van der Waals surface area contributed by atoms with E-state index in [1.807, 2.05) is 19.1 Å². The molecule has 0 aliphatic heterocycles. The molecule has 0 saturated heterocycles. The van der Waals surface area contributed by atoms with Crippen molar-refractivity contribution in [2.45, 2.75) is 20.0 Å². The molecule has 0 aromatic heterocycles. The number of carbonyl (C=O) groups is 2. The van der Waals surface area contributed by atoms with Crippen LogP contribution in [-0.4, -0.2) is 22.3 Å². The Balaban J connectivity index is 2.25. The summed E-state index contributed by atoms with van der Waals surface area (Å²) in [7, 11) is 0. The van der Waals surface area contributed by atoms with Gasteiger partial charge in [0, 0.05) is 27.7 Å². The van der Waals surface area contributed by atoms with Crippen LogP contribution in [0, 0.1) is 12.8 Å². The number of ether oxygens (including phenoxy) is 1. The van der Waals surface area contributed by atoms with Crippen molar-refractivity contribution in [2.75, 3.05) is 5.32 Å². The second-order valence-electron chi connectivity index (χ2n) is 6.21. The van der Waals surface area contributed by atoms with E-state index < -0.39 is 24.0 Å². The molecule has 148 valence electrons. The van der Waals surface area contributed by atoms with E-state index in [1.54, 1.807) is 31.2 Å². The van der Waals surface area contributed by atoms with Crippen LogP contribution < -0.4 is 10.8 Å². The van der Waals surface area contributed by atoms with Crippen molar-refractivity contribution >= 4 is 33.6 Å². The Morgan fingerprint density at radius 1 is 1.18 bits per heavy atom. The van der Waals surface area contributed by atoms with Crippen molar-refractivity contribution in [3.05, 3.63) is 70.2 Å². The standard InChI is InChI=1S/C20H21BrN2O5/c1-12-3-7-15(8-4-12)22-20(26)28-19(13(2)5-10-18(25)23-27)16-11-14(21)6-9-17(16)24/h3-11,13,19,24,27H,1-2H3,(H,22,26)(H,23,25)/b10-5+/t13-,19-/m0/s1. The van der Waals surface area contributed by atoms with Crippen LogP contribution in [0.1, 0.15) is 24.2 Å². The van der Waals surface area contributed by atoms with E-state index in [1.165, 1.54) is 17.6 Å². The number of aryl methyl sites for hydroxylation is 1. The molecule has 0 radical (unpaired) electrons. The summed E-state index contributed by atoms with van der Waals surface area (Å²) in [5, 5.41) is 21.5. The number of hydrogen-bond acceptors (Lipinski definition) is 5. The topological polar surface area (TPSA) is 108 Å². The van der Waals surface area contributed by atoms with Crippen molar-refractivity contribution < 1.29 is 24.6 Å². The number of anilines is 1. The fraction of sp³-hybridized carbons (Fsp3) is 0.200. The normalized spacial score (nSPS) is 13.0. The molecule has 0 bridgehead atoms. The van der Waals surface area contributed by atoms with E-state index >= 15 is 0 Å². The lowest BCUT2D eigenvalue weighted by molar-refractivity contribution is -0.124. The summed E-state index contributed by atoms with van der Waals surface area (Å²) in [4.78, 5) is 23.7. The molecular formula is C20H21BrN2O5. The number of hydroxylamine groups is 1. The third kappa shape index (κ3) is 6.11. The van der Waals surface area contributed by atoms with Gasteiger partial charge in [0.25, 0.3) is 5.91 Å². The van der Waals surface area contributed by atoms with Gasteiger partial charge in [-0.2, -0.15) is 0 Å². The lowest BCUT2D eigenvalue weighted by atomic mass is 9.96. The largest absolute Gasteiger partial charge is 0.508 e. The number of benzene rings is 2. The molecule has 0 saturated carbocycles. The van der Waals surface area contributed by atoms with Gasteiger partial charge in [0.1, 0.15) is 11.9 Å². The van der Waals surface area contributed by atoms with E-state index in [0.717, 1.165) is 11.6 Å². The fourth-order valence-electron chi connectivity index (χ4n) is 2.48. The molecule has 0 fully saturated rings. The minimum absolute atomic E-state index is 0.0526. The number of halogens is 1. The van der Waals surface area contributed by atoms with Gasteiger partial charge in [0.15, 0.2) is 0 Å². The molecule has 4 N–H and O–H groups in total. The molecule has 2 amide bonds. The third-order valence-electron chi connectivity index (χ3n) is 3.97. The number of phenolic OH excluding ortho intramolecular Hbond substituents is 1. The maximum Gasteiger partial charge on any atom is 0.412 e. The molecule has 0 heterocycles. The Bertz CT molecular complexity index is 867. The highest BCUT2D eigenvalue weighted by atomic mass is 79.9. The van der Waals surface area contributed by atoms with Crippen molar-refractivity contribution in [1.29, 1.82) is 0 Å². The van der Waals surface area contributed by atoms with Crippen LogP contribution in [0.5, 0.6) is 5.75 Å². The summed E-state index contributed by atoms with van der Waals surface area (Å²) in [6.45, 7) is 3.65. The highest BCUT2D eigenvalue weighted by molar-refractivity contribution is 9.10. The van der Waals surface area contributed by atoms with Gasteiger partial charge < -0.3 is 9.84 Å². The summed E-state index contributed by atoms with van der Waals surface area (Å²) >= 11 is 3.33. The molecule has 0 spiro atoms. The minimum atomic E-state index is -0.884. The Hall–Kier alpha value is -2.84. The van der Waals surface area contributed by atoms with Crippen LogP contribution in [0.2, 0.25) is 0 Å². The van der Waals surface area contributed by atoms with Gasteiger partial charge in [-0.1, -0.05) is 46.6 Å². The predicted molar refractivity (Wildman–Crippen MR) is 108 cm³/mol. The van der Waals surface area contributed by atoms with Gasteiger partial charge >= 0.3 is 6.09 Å². The summed E-state index contributed by atoms with van der Waals surface area (Å²) in [6, 6.07) is 12.0. The first-order valence-electron chi connectivity index (χ1n) is 8.45. The average Bonchev–Trinajstić information content (AvgIpc) is 2.67. The number of phenols is 1. The first-order valence-corrected chi connectivity index (χ1v) is 9.24. The minimum Gasteiger partial charge on any atom is -0.508 e. The highest BCUT2D eigenvalue weighted by Gasteiger charge is 2.25. The van der Waals surface area contributed by atoms with Crippen molar-refractivity contribution in [1.82, 2.24) is 5.48 Å². The fourth-order valence-corrected chi connectivity index (χ4v) is 2.86. The van der Waals surface area contributed by atoms with Gasteiger partial charge in [-0.15, -0.1) is 0 Å². The Morgan fingerprint density at radius 2 is 1.86 bits per heavy atom. The molecule has 7 nitrogen and oxygen atoms in total. The van der Waals surface area contributed by atoms with Crippen molar-refractivity contribution in [3.63, 3.8) is 0 Å². The van der Waals surface area contributed by atoms with Gasteiger partial charge in [-0.3, -0.25) is 15.3 Å². The number of nitrogens with one attached hydrogen (secondary N) is 2. The first-order chi connectivity index (χ1) is 13.3. The van der Waals surface area contributed by atoms with Gasteiger partial charge in [0.05, 0.1) is 0 Å². The van der Waals surface area contributed by atoms with E-state index in [9.17, 15) is 14.7 Å². The molecular weight excluding hydrogens is 428 g/mol. The maximum atomic E-state index is 12.4. The third-order valence-corrected chi connectivity index (χ3v) is 4.46. The Labute approximate surface area is 171 Å². The average molecular weight is 449 g/mol. The first kappa shape index (κ1) is 21.5. The number of amides is 2. The lowest BCUT2D eigenvalue weighted by Crippen LogP contribution is -2.22. The molecule has 2 atom stereocenters. The SMILES string of the molecule is Cc1ccc(NC(=O)O[C@H](c2cc(Br)ccc2O)[C@@H](C)/C=C/C(=O)NO)cc1. The molecule has 2 aromatic rings. The van der Waals surface area contributed by atoms with E-state index in [-0.39, 0.29) is 5.75 Å². The van der Waals surface area contributed by atoms with E-state index in [4.69, 9.17) is 9.94 Å². The molecule has 2 rings (SSSR count). The molecule has 2 aromatic carbocycles. The second-order valence-corrected chi connectivity index (χ2v) is 7.13. The van der Waals surface area contributed by atoms with Crippen LogP contribution in [0.25, 0.3) is 0 Å². The predicted octanol–water partition coefficient (Wildman–Crippen LogP) is 4.45. The Morgan fingerprint density at radius 3 is 2.50 bits per heavy atom. The molecule has 8 heteroatoms. The maximum absolute atomic E-state index is 12.4. The summed E-state index contributed by atoms with van der Waals surface area (Å²) in [6.07, 6.45) is 0.995. The van der Waals surface area contributed by atoms with E-state index in [2.05, 4.69) is 21.2 Å². The highest BCUT2D eigenvalue weighted by Crippen LogP contribution is 2.35. The van der Waals surface area contributed by atoms with Crippen LogP contribution in [0.3, 0.4) is 0 Å². The number of carbonyl (C=O) groups excluding carboxylic acids is 2. The summed E-state index contributed by atoms with van der Waals surface area (Å²) < 4.78 is 6.25. The van der Waals surface area contributed by atoms with Crippen molar-refractivity contribution in [2.24, 2.45) is 5.92 Å². The zero-order valence-corrected chi connectivity index (χ0v) is 16.9.